The molecule has 0 aliphatic rings. The Kier molecular flexibility index (Phi) is 51.0. The maximum Gasteiger partial charge on any atom is 0.264 e. The first-order valence-corrected chi connectivity index (χ1v) is 33.3. The molecular weight excluding hydrogens is 796 g/mol. The molecule has 0 fully saturated rings. The van der Waals surface area contributed by atoms with Gasteiger partial charge in [-0.15, -0.1) is 0 Å². The molecule has 0 aromatic heterocycles. The Morgan fingerprint density at radius 3 is 0.548 bits per heavy atom. The van der Waals surface area contributed by atoms with Crippen molar-refractivity contribution in [3.05, 3.63) is 0 Å². The molecule has 0 unspecified atom stereocenters. The fourth-order valence-corrected chi connectivity index (χ4v) is 15.8. The molecule has 5 heteroatoms. The SMILES string of the molecule is CCCCCCCCCCCCCCCCCC[P+](CCCCCCCCCCCCCCCCCC)(CCCCCCCCCCCCCCCCCC)CCCS(=O)(=O)O. The zero-order chi connectivity index (χ0) is 45.2. The van der Waals surface area contributed by atoms with Gasteiger partial charge < -0.3 is 0 Å². The molecule has 0 saturated carbocycles. The molecule has 0 spiro atoms. The molecule has 62 heavy (non-hydrogen) atoms. The minimum Gasteiger partial charge on any atom is -0.286 e. The summed E-state index contributed by atoms with van der Waals surface area (Å²) in [7, 11) is -5.11. The van der Waals surface area contributed by atoms with Crippen LogP contribution in [0.25, 0.3) is 0 Å². The fourth-order valence-electron chi connectivity index (χ4n) is 10.2. The van der Waals surface area contributed by atoms with Crippen LogP contribution in [-0.4, -0.2) is 43.4 Å². The summed E-state index contributed by atoms with van der Waals surface area (Å²) in [5.41, 5.74) is 0. The van der Waals surface area contributed by atoms with Gasteiger partial charge in [0.25, 0.3) is 10.1 Å². The molecule has 0 rings (SSSR count). The van der Waals surface area contributed by atoms with E-state index in [-0.39, 0.29) is 5.75 Å². The molecule has 1 N–H and O–H groups in total. The number of hydrogen-bond acceptors (Lipinski definition) is 2. The summed E-state index contributed by atoms with van der Waals surface area (Å²) in [6, 6.07) is 0. The fraction of sp³-hybridized carbons (Fsp3) is 1.00. The van der Waals surface area contributed by atoms with Crippen LogP contribution < -0.4 is 0 Å². The van der Waals surface area contributed by atoms with Crippen LogP contribution in [0.15, 0.2) is 0 Å². The number of rotatable bonds is 55. The molecule has 0 aromatic carbocycles. The minimum absolute atomic E-state index is 0.0361. The summed E-state index contributed by atoms with van der Waals surface area (Å²) in [6.07, 6.45) is 73.6. The van der Waals surface area contributed by atoms with Crippen LogP contribution in [0.2, 0.25) is 0 Å². The first kappa shape index (κ1) is 62.3. The molecule has 0 aliphatic heterocycles. The van der Waals surface area contributed by atoms with Crippen molar-refractivity contribution in [3.8, 4) is 0 Å². The lowest BCUT2D eigenvalue weighted by Crippen LogP contribution is -2.16. The highest BCUT2D eigenvalue weighted by Crippen LogP contribution is 2.61. The zero-order valence-electron chi connectivity index (χ0n) is 43.3. The van der Waals surface area contributed by atoms with E-state index < -0.39 is 17.4 Å². The van der Waals surface area contributed by atoms with Crippen LogP contribution in [-0.2, 0) is 10.1 Å². The summed E-state index contributed by atoms with van der Waals surface area (Å²) in [5.74, 6) is -0.0361. The topological polar surface area (TPSA) is 54.4 Å². The van der Waals surface area contributed by atoms with Gasteiger partial charge in [0.05, 0.1) is 30.4 Å². The third-order valence-corrected chi connectivity index (χ3v) is 20.4. The standard InChI is InChI=1S/C57H117O3PS/c1-4-7-10-13-16-19-22-25-28-31-34-37-40-43-46-49-53-61(56-52-57-62(58,59)60,54-50-47-44-41-38-35-32-29-26-23-20-17-14-11-8-5-2)55-51-48-45-42-39-36-33-30-27-24-21-18-15-12-9-6-3/h4-57H2,1-3H3/p+1. The van der Waals surface area contributed by atoms with Crippen LogP contribution in [0.3, 0.4) is 0 Å². The Morgan fingerprint density at radius 2 is 0.387 bits per heavy atom. The molecule has 0 bridgehead atoms. The van der Waals surface area contributed by atoms with Gasteiger partial charge >= 0.3 is 0 Å². The van der Waals surface area contributed by atoms with Gasteiger partial charge in [-0.3, -0.25) is 4.55 Å². The molecule has 0 atom stereocenters. The van der Waals surface area contributed by atoms with Crippen molar-refractivity contribution in [2.75, 3.05) is 30.4 Å². The van der Waals surface area contributed by atoms with Gasteiger partial charge in [0.15, 0.2) is 0 Å². The van der Waals surface area contributed by atoms with Crippen molar-refractivity contribution in [3.63, 3.8) is 0 Å². The van der Waals surface area contributed by atoms with Gasteiger partial charge in [-0.1, -0.05) is 290 Å². The molecule has 3 nitrogen and oxygen atoms in total. The second-order valence-electron chi connectivity index (χ2n) is 20.8. The van der Waals surface area contributed by atoms with Crippen molar-refractivity contribution in [1.29, 1.82) is 0 Å². The highest BCUT2D eigenvalue weighted by atomic mass is 32.2. The maximum absolute atomic E-state index is 11.8. The first-order chi connectivity index (χ1) is 30.4. The van der Waals surface area contributed by atoms with E-state index in [2.05, 4.69) is 20.8 Å². The summed E-state index contributed by atoms with van der Waals surface area (Å²) in [4.78, 5) is 0. The van der Waals surface area contributed by atoms with E-state index in [4.69, 9.17) is 0 Å². The third-order valence-electron chi connectivity index (χ3n) is 14.5. The first-order valence-electron chi connectivity index (χ1n) is 29.2. The van der Waals surface area contributed by atoms with Crippen molar-refractivity contribution < 1.29 is 13.0 Å². The van der Waals surface area contributed by atoms with E-state index in [1.165, 1.54) is 327 Å². The number of unbranched alkanes of at least 4 members (excludes halogenated alkanes) is 45. The summed E-state index contributed by atoms with van der Waals surface area (Å²) >= 11 is 0. The van der Waals surface area contributed by atoms with E-state index in [1.54, 1.807) is 0 Å². The normalized spacial score (nSPS) is 12.3. The van der Waals surface area contributed by atoms with E-state index in [9.17, 15) is 13.0 Å². The highest BCUT2D eigenvalue weighted by Gasteiger charge is 2.35. The van der Waals surface area contributed by atoms with Crippen LogP contribution in [0.5, 0.6) is 0 Å². The van der Waals surface area contributed by atoms with Crippen LogP contribution >= 0.6 is 7.26 Å². The Morgan fingerprint density at radius 1 is 0.242 bits per heavy atom. The second kappa shape index (κ2) is 50.7. The largest absolute Gasteiger partial charge is 0.286 e. The average Bonchev–Trinajstić information content (AvgIpc) is 3.25. The molecule has 0 aromatic rings. The summed E-state index contributed by atoms with van der Waals surface area (Å²) in [6.45, 7) is 6.91. The molecule has 0 aliphatic carbocycles. The number of hydrogen-bond donors (Lipinski definition) is 1. The van der Waals surface area contributed by atoms with Gasteiger partial charge in [0, 0.05) is 7.26 Å². The van der Waals surface area contributed by atoms with Crippen LogP contribution in [0.1, 0.15) is 335 Å². The van der Waals surface area contributed by atoms with Gasteiger partial charge in [-0.25, -0.2) is 0 Å². The van der Waals surface area contributed by atoms with Crippen molar-refractivity contribution in [2.45, 2.75) is 335 Å². The monoisotopic (exact) mass is 914 g/mol. The van der Waals surface area contributed by atoms with Crippen molar-refractivity contribution >= 4 is 17.4 Å². The van der Waals surface area contributed by atoms with E-state index in [0.717, 1.165) is 6.16 Å². The lowest BCUT2D eigenvalue weighted by Gasteiger charge is -2.28. The predicted molar refractivity (Wildman–Crippen MR) is 286 cm³/mol. The molecular formula is C57H118O3PS+. The quantitative estimate of drug-likeness (QED) is 0.0376. The van der Waals surface area contributed by atoms with Gasteiger partial charge in [-0.2, -0.15) is 8.42 Å². The Labute approximate surface area is 394 Å². The minimum atomic E-state index is -3.88. The Balaban J connectivity index is 4.68. The average molecular weight is 915 g/mol. The zero-order valence-corrected chi connectivity index (χ0v) is 45.0. The van der Waals surface area contributed by atoms with E-state index in [1.807, 2.05) is 0 Å². The maximum atomic E-state index is 11.8. The lowest BCUT2D eigenvalue weighted by molar-refractivity contribution is 0.482. The van der Waals surface area contributed by atoms with Crippen LogP contribution in [0.4, 0.5) is 0 Å². The van der Waals surface area contributed by atoms with Crippen molar-refractivity contribution in [1.82, 2.24) is 0 Å². The smallest absolute Gasteiger partial charge is 0.264 e. The summed E-state index contributed by atoms with van der Waals surface area (Å²) in [5, 5.41) is 0. The molecule has 0 heterocycles. The second-order valence-corrected chi connectivity index (χ2v) is 26.8. The van der Waals surface area contributed by atoms with E-state index in [0.29, 0.717) is 6.42 Å². The third kappa shape index (κ3) is 49.8. The van der Waals surface area contributed by atoms with E-state index >= 15 is 0 Å². The predicted octanol–water partition coefficient (Wildman–Crippen LogP) is 21.1. The molecule has 0 saturated heterocycles. The van der Waals surface area contributed by atoms with Gasteiger partial charge in [-0.05, 0) is 44.9 Å². The van der Waals surface area contributed by atoms with Crippen molar-refractivity contribution in [2.24, 2.45) is 0 Å². The Hall–Kier alpha value is 0.340. The summed E-state index contributed by atoms with van der Waals surface area (Å²) < 4.78 is 33.3. The molecule has 374 valence electrons. The van der Waals surface area contributed by atoms with Gasteiger partial charge in [0.1, 0.15) is 0 Å². The molecule has 0 amide bonds. The van der Waals surface area contributed by atoms with Gasteiger partial charge in [0.2, 0.25) is 0 Å². The lowest BCUT2D eigenvalue weighted by atomic mass is 10.0. The highest BCUT2D eigenvalue weighted by molar-refractivity contribution is 7.85. The Bertz CT molecular complexity index is 850. The molecule has 0 radical (unpaired) electrons. The van der Waals surface area contributed by atoms with Crippen LogP contribution in [0, 0.1) is 0 Å².